The summed E-state index contributed by atoms with van der Waals surface area (Å²) in [6.07, 6.45) is -0.0582. The minimum atomic E-state index is -3.65. The highest BCUT2D eigenvalue weighted by Crippen LogP contribution is 2.46. The highest BCUT2D eigenvalue weighted by molar-refractivity contribution is 7.51. The molecule has 0 radical (unpaired) electrons. The number of rotatable bonds is 4. The summed E-state index contributed by atoms with van der Waals surface area (Å²) in [6.45, 7) is 1.92. The molecule has 0 spiro atoms. The van der Waals surface area contributed by atoms with Crippen molar-refractivity contribution in [2.45, 2.75) is 13.1 Å². The van der Waals surface area contributed by atoms with Crippen LogP contribution >= 0.6 is 7.60 Å². The van der Waals surface area contributed by atoms with Gasteiger partial charge in [0.15, 0.2) is 0 Å². The van der Waals surface area contributed by atoms with Gasteiger partial charge in [0, 0.05) is 7.11 Å². The van der Waals surface area contributed by atoms with Gasteiger partial charge in [-0.25, -0.2) is 0 Å². The number of hydrogen-bond donors (Lipinski definition) is 1. The van der Waals surface area contributed by atoms with Crippen LogP contribution in [-0.2, 0) is 15.3 Å². The van der Waals surface area contributed by atoms with Crippen LogP contribution in [0, 0.1) is 18.3 Å². The average molecular weight is 301 g/mol. The van der Waals surface area contributed by atoms with E-state index < -0.39 is 7.60 Å². The predicted octanol–water partition coefficient (Wildman–Crippen LogP) is 3.87. The Morgan fingerprint density at radius 1 is 1.29 bits per heavy atom. The second-order valence-electron chi connectivity index (χ2n) is 4.83. The molecular weight excluding hydrogens is 285 g/mol. The van der Waals surface area contributed by atoms with Crippen LogP contribution in [0.1, 0.15) is 16.7 Å². The Morgan fingerprint density at radius 2 is 2.05 bits per heavy atom. The highest BCUT2D eigenvalue weighted by atomic mass is 31.2. The van der Waals surface area contributed by atoms with Crippen molar-refractivity contribution < 1.29 is 14.0 Å². The lowest BCUT2D eigenvalue weighted by Gasteiger charge is -2.14. The molecule has 1 N–H and O–H groups in total. The fraction of sp³-hybridized carbons (Fsp3) is 0.188. The fourth-order valence-corrected chi connectivity index (χ4v) is 2.99. The zero-order valence-corrected chi connectivity index (χ0v) is 12.8. The summed E-state index contributed by atoms with van der Waals surface area (Å²) in [5.74, 6) is 0. The van der Waals surface area contributed by atoms with Crippen LogP contribution in [0.4, 0.5) is 0 Å². The van der Waals surface area contributed by atoms with Gasteiger partial charge in [-0.15, -0.1) is 0 Å². The first-order valence-corrected chi connectivity index (χ1v) is 8.19. The maximum absolute atomic E-state index is 11.9. The molecule has 1 unspecified atom stereocenters. The van der Waals surface area contributed by atoms with Gasteiger partial charge in [0.05, 0.1) is 17.8 Å². The van der Waals surface area contributed by atoms with Gasteiger partial charge < -0.3 is 9.42 Å². The first-order chi connectivity index (χ1) is 9.95. The third kappa shape index (κ3) is 3.80. The summed E-state index contributed by atoms with van der Waals surface area (Å²) < 4.78 is 16.5. The molecule has 0 fully saturated rings. The summed E-state index contributed by atoms with van der Waals surface area (Å²) >= 11 is 0. The van der Waals surface area contributed by atoms with Crippen molar-refractivity contribution in [3.63, 3.8) is 0 Å². The summed E-state index contributed by atoms with van der Waals surface area (Å²) in [7, 11) is -2.42. The van der Waals surface area contributed by atoms with Crippen LogP contribution in [-0.4, -0.2) is 12.0 Å². The monoisotopic (exact) mass is 301 g/mol. The van der Waals surface area contributed by atoms with Crippen molar-refractivity contribution in [1.82, 2.24) is 0 Å². The van der Waals surface area contributed by atoms with E-state index in [1.54, 1.807) is 18.2 Å². The van der Waals surface area contributed by atoms with E-state index in [0.29, 0.717) is 5.56 Å². The molecule has 0 amide bonds. The molecule has 0 heterocycles. The SMILES string of the molecule is COP(=O)(O)Cc1cc(C)ccc1-c1cccc(C#N)c1. The summed E-state index contributed by atoms with van der Waals surface area (Å²) in [5.41, 5.74) is 3.97. The van der Waals surface area contributed by atoms with Crippen molar-refractivity contribution >= 4 is 7.60 Å². The molecule has 1 atom stereocenters. The quantitative estimate of drug-likeness (QED) is 0.870. The lowest BCUT2D eigenvalue weighted by atomic mass is 9.97. The Labute approximate surface area is 124 Å². The van der Waals surface area contributed by atoms with Gasteiger partial charge in [0.25, 0.3) is 0 Å². The Kier molecular flexibility index (Phi) is 4.59. The molecule has 0 saturated heterocycles. The van der Waals surface area contributed by atoms with Gasteiger partial charge in [0.2, 0.25) is 0 Å². The first-order valence-electron chi connectivity index (χ1n) is 6.43. The van der Waals surface area contributed by atoms with E-state index in [9.17, 15) is 9.46 Å². The van der Waals surface area contributed by atoms with Crippen molar-refractivity contribution in [2.75, 3.05) is 7.11 Å². The van der Waals surface area contributed by atoms with Crippen LogP contribution in [0.15, 0.2) is 42.5 Å². The maximum atomic E-state index is 11.9. The zero-order chi connectivity index (χ0) is 15.5. The standard InChI is InChI=1S/C16H16NO3P/c1-12-6-7-16(14-5-3-4-13(9-14)10-17)15(8-12)11-21(18,19)20-2/h3-9H,11H2,1-2H3,(H,18,19). The van der Waals surface area contributed by atoms with Gasteiger partial charge in [0.1, 0.15) is 0 Å². The Bertz CT molecular complexity index is 749. The summed E-state index contributed by atoms with van der Waals surface area (Å²) in [5, 5.41) is 8.99. The lowest BCUT2D eigenvalue weighted by Crippen LogP contribution is -1.95. The van der Waals surface area contributed by atoms with E-state index in [-0.39, 0.29) is 6.16 Å². The van der Waals surface area contributed by atoms with Gasteiger partial charge in [-0.3, -0.25) is 4.57 Å². The van der Waals surface area contributed by atoms with Crippen LogP contribution in [0.25, 0.3) is 11.1 Å². The molecule has 0 aliphatic rings. The summed E-state index contributed by atoms with van der Waals surface area (Å²) in [4.78, 5) is 9.72. The Hall–Kier alpha value is -1.92. The lowest BCUT2D eigenvalue weighted by molar-refractivity contribution is 0.314. The van der Waals surface area contributed by atoms with Gasteiger partial charge >= 0.3 is 7.60 Å². The number of nitrogens with zero attached hydrogens (tertiary/aromatic N) is 1. The van der Waals surface area contributed by atoms with E-state index in [1.165, 1.54) is 7.11 Å². The molecule has 108 valence electrons. The molecule has 0 aliphatic carbocycles. The number of nitriles is 1. The van der Waals surface area contributed by atoms with Crippen LogP contribution in [0.5, 0.6) is 0 Å². The zero-order valence-electron chi connectivity index (χ0n) is 11.9. The molecule has 0 saturated carbocycles. The molecule has 5 heteroatoms. The molecule has 0 aliphatic heterocycles. The first kappa shape index (κ1) is 15.5. The Balaban J connectivity index is 2.53. The molecule has 4 nitrogen and oxygen atoms in total. The van der Waals surface area contributed by atoms with Crippen LogP contribution in [0.3, 0.4) is 0 Å². The number of benzene rings is 2. The molecule has 0 bridgehead atoms. The van der Waals surface area contributed by atoms with Crippen molar-refractivity contribution in [2.24, 2.45) is 0 Å². The maximum Gasteiger partial charge on any atom is 0.332 e. The largest absolute Gasteiger partial charge is 0.332 e. The smallest absolute Gasteiger partial charge is 0.324 e. The van der Waals surface area contributed by atoms with Gasteiger partial charge in [-0.1, -0.05) is 35.9 Å². The average Bonchev–Trinajstić information content (AvgIpc) is 2.47. The Morgan fingerprint density at radius 3 is 2.71 bits per heavy atom. The molecule has 2 aromatic carbocycles. The predicted molar refractivity (Wildman–Crippen MR) is 81.9 cm³/mol. The van der Waals surface area contributed by atoms with Crippen molar-refractivity contribution in [3.05, 3.63) is 59.2 Å². The topological polar surface area (TPSA) is 70.3 Å². The number of hydrogen-bond acceptors (Lipinski definition) is 3. The van der Waals surface area contributed by atoms with E-state index in [2.05, 4.69) is 10.6 Å². The molecule has 2 aromatic rings. The van der Waals surface area contributed by atoms with Gasteiger partial charge in [-0.05, 0) is 35.7 Å². The van der Waals surface area contributed by atoms with E-state index >= 15 is 0 Å². The van der Waals surface area contributed by atoms with E-state index in [1.807, 2.05) is 31.2 Å². The summed E-state index contributed by atoms with van der Waals surface area (Å²) in [6, 6.07) is 15.0. The second kappa shape index (κ2) is 6.24. The highest BCUT2D eigenvalue weighted by Gasteiger charge is 2.20. The normalized spacial score (nSPS) is 13.4. The molecule has 0 aromatic heterocycles. The third-order valence-corrected chi connectivity index (χ3v) is 4.53. The molecule has 2 rings (SSSR count). The van der Waals surface area contributed by atoms with E-state index in [0.717, 1.165) is 22.3 Å². The van der Waals surface area contributed by atoms with E-state index in [4.69, 9.17) is 5.26 Å². The van der Waals surface area contributed by atoms with Crippen LogP contribution in [0.2, 0.25) is 0 Å². The number of aryl methyl sites for hydroxylation is 1. The molecular formula is C16H16NO3P. The fourth-order valence-electron chi connectivity index (χ4n) is 2.17. The minimum Gasteiger partial charge on any atom is -0.324 e. The minimum absolute atomic E-state index is 0.0582. The van der Waals surface area contributed by atoms with Crippen LogP contribution < -0.4 is 0 Å². The van der Waals surface area contributed by atoms with Gasteiger partial charge in [-0.2, -0.15) is 5.26 Å². The second-order valence-corrected chi connectivity index (χ2v) is 6.79. The van der Waals surface area contributed by atoms with Crippen molar-refractivity contribution in [3.8, 4) is 17.2 Å². The molecule has 21 heavy (non-hydrogen) atoms. The third-order valence-electron chi connectivity index (χ3n) is 3.22. The van der Waals surface area contributed by atoms with Crippen molar-refractivity contribution in [1.29, 1.82) is 5.26 Å².